The predicted molar refractivity (Wildman–Crippen MR) is 80.0 cm³/mol. The molecule has 1 rings (SSSR count). The van der Waals surface area contributed by atoms with Crippen molar-refractivity contribution in [3.05, 3.63) is 11.4 Å². The third kappa shape index (κ3) is 3.21. The molecule has 1 heterocycles. The Kier molecular flexibility index (Phi) is 5.34. The van der Waals surface area contributed by atoms with E-state index in [-0.39, 0.29) is 12.6 Å². The standard InChI is InChI=1S/C13H26N4O2S/c1-9(2)8-17-12(5)13(11(4)15-17)20(18,19)16(6)10(3)7-14/h9-10H,7-8,14H2,1-6H3. The smallest absolute Gasteiger partial charge is 0.246 e. The van der Waals surface area contributed by atoms with Crippen molar-refractivity contribution >= 4 is 10.0 Å². The zero-order valence-corrected chi connectivity index (χ0v) is 14.0. The first-order valence-corrected chi connectivity index (χ1v) is 8.29. The number of nitrogens with zero attached hydrogens (tertiary/aromatic N) is 3. The van der Waals surface area contributed by atoms with Gasteiger partial charge in [0.15, 0.2) is 0 Å². The first-order valence-electron chi connectivity index (χ1n) is 6.85. The minimum atomic E-state index is -3.56. The van der Waals surface area contributed by atoms with Crippen LogP contribution in [0, 0.1) is 19.8 Å². The van der Waals surface area contributed by atoms with Gasteiger partial charge in [0, 0.05) is 26.2 Å². The minimum Gasteiger partial charge on any atom is -0.329 e. The van der Waals surface area contributed by atoms with Crippen molar-refractivity contribution in [2.45, 2.75) is 52.1 Å². The summed E-state index contributed by atoms with van der Waals surface area (Å²) in [5.41, 5.74) is 6.80. The number of rotatable bonds is 6. The summed E-state index contributed by atoms with van der Waals surface area (Å²) in [6.07, 6.45) is 0. The second kappa shape index (κ2) is 6.24. The molecule has 0 aliphatic heterocycles. The van der Waals surface area contributed by atoms with Crippen molar-refractivity contribution in [2.75, 3.05) is 13.6 Å². The van der Waals surface area contributed by atoms with E-state index in [9.17, 15) is 8.42 Å². The Morgan fingerprint density at radius 2 is 1.85 bits per heavy atom. The van der Waals surface area contributed by atoms with E-state index < -0.39 is 10.0 Å². The van der Waals surface area contributed by atoms with E-state index in [4.69, 9.17) is 5.73 Å². The Bertz CT molecular complexity index is 563. The van der Waals surface area contributed by atoms with Gasteiger partial charge in [-0.05, 0) is 26.7 Å². The summed E-state index contributed by atoms with van der Waals surface area (Å²) in [6.45, 7) is 10.5. The van der Waals surface area contributed by atoms with Crippen LogP contribution in [0.25, 0.3) is 0 Å². The van der Waals surface area contributed by atoms with E-state index >= 15 is 0 Å². The van der Waals surface area contributed by atoms with E-state index in [0.29, 0.717) is 28.7 Å². The lowest BCUT2D eigenvalue weighted by molar-refractivity contribution is 0.393. The maximum Gasteiger partial charge on any atom is 0.246 e. The molecular formula is C13H26N4O2S. The number of aryl methyl sites for hydroxylation is 1. The second-order valence-electron chi connectivity index (χ2n) is 5.68. The average Bonchev–Trinajstić information content (AvgIpc) is 2.61. The molecular weight excluding hydrogens is 276 g/mol. The summed E-state index contributed by atoms with van der Waals surface area (Å²) in [6, 6.07) is -0.243. The summed E-state index contributed by atoms with van der Waals surface area (Å²) in [5, 5.41) is 4.36. The molecule has 1 unspecified atom stereocenters. The van der Waals surface area contributed by atoms with Crippen molar-refractivity contribution in [3.8, 4) is 0 Å². The van der Waals surface area contributed by atoms with Gasteiger partial charge >= 0.3 is 0 Å². The van der Waals surface area contributed by atoms with Crippen LogP contribution in [0.5, 0.6) is 0 Å². The van der Waals surface area contributed by atoms with Gasteiger partial charge in [0.1, 0.15) is 4.90 Å². The van der Waals surface area contributed by atoms with Crippen LogP contribution >= 0.6 is 0 Å². The highest BCUT2D eigenvalue weighted by Crippen LogP contribution is 2.24. The number of aromatic nitrogens is 2. The third-order valence-electron chi connectivity index (χ3n) is 3.45. The molecule has 0 radical (unpaired) electrons. The van der Waals surface area contributed by atoms with Gasteiger partial charge in [0.2, 0.25) is 10.0 Å². The van der Waals surface area contributed by atoms with Gasteiger partial charge in [0.25, 0.3) is 0 Å². The lowest BCUT2D eigenvalue weighted by Crippen LogP contribution is -2.40. The Balaban J connectivity index is 3.29. The fourth-order valence-electron chi connectivity index (χ4n) is 2.11. The first-order chi connectivity index (χ1) is 9.12. The highest BCUT2D eigenvalue weighted by atomic mass is 32.2. The van der Waals surface area contributed by atoms with Crippen LogP contribution in [0.4, 0.5) is 0 Å². The van der Waals surface area contributed by atoms with Gasteiger partial charge < -0.3 is 5.73 Å². The Morgan fingerprint density at radius 1 is 1.30 bits per heavy atom. The Labute approximate surface area is 122 Å². The van der Waals surface area contributed by atoms with Crippen LogP contribution in [0.1, 0.15) is 32.2 Å². The van der Waals surface area contributed by atoms with Crippen LogP contribution < -0.4 is 5.73 Å². The molecule has 0 aromatic carbocycles. The van der Waals surface area contributed by atoms with Gasteiger partial charge in [0.05, 0.1) is 11.4 Å². The molecule has 0 aliphatic rings. The normalized spacial score (nSPS) is 14.2. The van der Waals surface area contributed by atoms with Gasteiger partial charge in [-0.2, -0.15) is 9.40 Å². The van der Waals surface area contributed by atoms with Crippen LogP contribution in [-0.4, -0.2) is 42.1 Å². The molecule has 0 saturated heterocycles. The highest BCUT2D eigenvalue weighted by molar-refractivity contribution is 7.89. The fraction of sp³-hybridized carbons (Fsp3) is 0.769. The second-order valence-corrected chi connectivity index (χ2v) is 7.62. The van der Waals surface area contributed by atoms with Crippen LogP contribution in [0.15, 0.2) is 4.90 Å². The van der Waals surface area contributed by atoms with Gasteiger partial charge in [-0.3, -0.25) is 4.68 Å². The molecule has 0 aliphatic carbocycles. The molecule has 1 atom stereocenters. The quantitative estimate of drug-likeness (QED) is 0.854. The molecule has 0 amide bonds. The SMILES string of the molecule is Cc1nn(CC(C)C)c(C)c1S(=O)(=O)N(C)C(C)CN. The van der Waals surface area contributed by atoms with E-state index in [1.54, 1.807) is 32.5 Å². The lowest BCUT2D eigenvalue weighted by Gasteiger charge is -2.23. The summed E-state index contributed by atoms with van der Waals surface area (Å²) in [4.78, 5) is 0.306. The Morgan fingerprint density at radius 3 is 2.30 bits per heavy atom. The zero-order chi connectivity index (χ0) is 15.7. The van der Waals surface area contributed by atoms with Crippen LogP contribution in [0.2, 0.25) is 0 Å². The molecule has 1 aromatic rings. The monoisotopic (exact) mass is 302 g/mol. The number of nitrogens with two attached hydrogens (primary N) is 1. The van der Waals surface area contributed by atoms with Crippen LogP contribution in [0.3, 0.4) is 0 Å². The van der Waals surface area contributed by atoms with Crippen molar-refractivity contribution in [1.82, 2.24) is 14.1 Å². The molecule has 0 bridgehead atoms. The van der Waals surface area contributed by atoms with E-state index in [2.05, 4.69) is 18.9 Å². The molecule has 20 heavy (non-hydrogen) atoms. The first kappa shape index (κ1) is 17.1. The van der Waals surface area contributed by atoms with Gasteiger partial charge in [-0.1, -0.05) is 13.8 Å². The van der Waals surface area contributed by atoms with Gasteiger partial charge in [-0.25, -0.2) is 8.42 Å². The lowest BCUT2D eigenvalue weighted by atomic mass is 10.2. The van der Waals surface area contributed by atoms with Gasteiger partial charge in [-0.15, -0.1) is 0 Å². The van der Waals surface area contributed by atoms with Crippen molar-refractivity contribution in [1.29, 1.82) is 0 Å². The predicted octanol–water partition coefficient (Wildman–Crippen LogP) is 1.12. The van der Waals surface area contributed by atoms with E-state index in [0.717, 1.165) is 0 Å². The third-order valence-corrected chi connectivity index (χ3v) is 5.68. The number of hydrogen-bond donors (Lipinski definition) is 1. The average molecular weight is 302 g/mol. The van der Waals surface area contributed by atoms with Crippen molar-refractivity contribution < 1.29 is 8.42 Å². The molecule has 6 nitrogen and oxygen atoms in total. The maximum atomic E-state index is 12.7. The molecule has 0 saturated carbocycles. The number of likely N-dealkylation sites (N-methyl/N-ethyl adjacent to an activating group) is 1. The topological polar surface area (TPSA) is 81.2 Å². The maximum absolute atomic E-state index is 12.7. The van der Waals surface area contributed by atoms with E-state index in [1.807, 2.05) is 0 Å². The Hall–Kier alpha value is -0.920. The van der Waals surface area contributed by atoms with E-state index in [1.165, 1.54) is 4.31 Å². The molecule has 1 aromatic heterocycles. The fourth-order valence-corrected chi connectivity index (χ4v) is 3.85. The number of sulfonamides is 1. The molecule has 116 valence electrons. The van der Waals surface area contributed by atoms with Crippen molar-refractivity contribution in [2.24, 2.45) is 11.7 Å². The highest BCUT2D eigenvalue weighted by Gasteiger charge is 2.30. The van der Waals surface area contributed by atoms with Crippen LogP contribution in [-0.2, 0) is 16.6 Å². The molecule has 0 fully saturated rings. The summed E-state index contributed by atoms with van der Waals surface area (Å²) in [5.74, 6) is 0.407. The molecule has 0 spiro atoms. The minimum absolute atomic E-state index is 0.243. The largest absolute Gasteiger partial charge is 0.329 e. The summed E-state index contributed by atoms with van der Waals surface area (Å²) in [7, 11) is -2.00. The number of hydrogen-bond acceptors (Lipinski definition) is 4. The zero-order valence-electron chi connectivity index (χ0n) is 13.2. The molecule has 7 heteroatoms. The summed E-state index contributed by atoms with van der Waals surface area (Å²) < 4.78 is 28.5. The molecule has 2 N–H and O–H groups in total. The van der Waals surface area contributed by atoms with Crippen molar-refractivity contribution in [3.63, 3.8) is 0 Å². The summed E-state index contributed by atoms with van der Waals surface area (Å²) >= 11 is 0.